The standard InChI is InChI=1S/C16H22N2O2.ClH/c1-2-20-13-7-5-12(6-8-13)18-16(19)14-10-3-4-11(9-10)15(14)17;/h5-8,10-11,14-15H,2-4,9,17H2,1H3,(H,18,19);1H. The highest BCUT2D eigenvalue weighted by molar-refractivity contribution is 5.93. The van der Waals surface area contributed by atoms with E-state index in [2.05, 4.69) is 5.32 Å². The lowest BCUT2D eigenvalue weighted by molar-refractivity contribution is -0.121. The molecule has 4 unspecified atom stereocenters. The molecule has 0 aliphatic heterocycles. The summed E-state index contributed by atoms with van der Waals surface area (Å²) in [6.07, 6.45) is 3.47. The van der Waals surface area contributed by atoms with Gasteiger partial charge in [-0.3, -0.25) is 4.79 Å². The quantitative estimate of drug-likeness (QED) is 0.899. The number of halogens is 1. The van der Waals surface area contributed by atoms with Gasteiger partial charge in [0.2, 0.25) is 5.91 Å². The van der Waals surface area contributed by atoms with Crippen molar-refractivity contribution in [3.8, 4) is 5.75 Å². The summed E-state index contributed by atoms with van der Waals surface area (Å²) in [4.78, 5) is 12.4. The number of hydrogen-bond donors (Lipinski definition) is 2. The van der Waals surface area contributed by atoms with Gasteiger partial charge in [-0.1, -0.05) is 0 Å². The molecule has 0 heterocycles. The zero-order valence-corrected chi connectivity index (χ0v) is 13.1. The second-order valence-electron chi connectivity index (χ2n) is 5.88. The molecule has 1 aromatic rings. The van der Waals surface area contributed by atoms with Gasteiger partial charge in [0.15, 0.2) is 0 Å². The van der Waals surface area contributed by atoms with Crippen LogP contribution in [0.15, 0.2) is 24.3 Å². The lowest BCUT2D eigenvalue weighted by atomic mass is 9.84. The number of anilines is 1. The minimum atomic E-state index is -0.0136. The predicted molar refractivity (Wildman–Crippen MR) is 85.8 cm³/mol. The highest BCUT2D eigenvalue weighted by atomic mass is 35.5. The average molecular weight is 311 g/mol. The van der Waals surface area contributed by atoms with E-state index in [0.717, 1.165) is 24.3 Å². The van der Waals surface area contributed by atoms with Gasteiger partial charge in [-0.15, -0.1) is 12.4 Å². The van der Waals surface area contributed by atoms with Crippen molar-refractivity contribution in [2.45, 2.75) is 32.2 Å². The fourth-order valence-corrected chi connectivity index (χ4v) is 3.75. The van der Waals surface area contributed by atoms with Crippen LogP contribution < -0.4 is 15.8 Å². The Bertz CT molecular complexity index is 490. The molecule has 5 heteroatoms. The van der Waals surface area contributed by atoms with Gasteiger partial charge in [-0.05, 0) is 62.3 Å². The highest BCUT2D eigenvalue weighted by Gasteiger charge is 2.49. The molecule has 2 fully saturated rings. The van der Waals surface area contributed by atoms with Crippen molar-refractivity contribution in [1.29, 1.82) is 0 Å². The minimum absolute atomic E-state index is 0. The summed E-state index contributed by atoms with van der Waals surface area (Å²) in [6, 6.07) is 7.54. The first-order chi connectivity index (χ1) is 9.69. The van der Waals surface area contributed by atoms with Crippen LogP contribution in [0.5, 0.6) is 5.75 Å². The predicted octanol–water partition coefficient (Wildman–Crippen LogP) is 2.82. The van der Waals surface area contributed by atoms with E-state index in [1.807, 2.05) is 31.2 Å². The summed E-state index contributed by atoms with van der Waals surface area (Å²) in [5.74, 6) is 1.92. The lowest BCUT2D eigenvalue weighted by Crippen LogP contribution is -2.42. The number of benzene rings is 1. The molecule has 3 N–H and O–H groups in total. The summed E-state index contributed by atoms with van der Waals surface area (Å²) in [7, 11) is 0. The van der Waals surface area contributed by atoms with E-state index in [-0.39, 0.29) is 30.3 Å². The van der Waals surface area contributed by atoms with Gasteiger partial charge < -0.3 is 15.8 Å². The molecule has 1 aromatic carbocycles. The Labute approximate surface area is 131 Å². The highest BCUT2D eigenvalue weighted by Crippen LogP contribution is 2.47. The number of rotatable bonds is 4. The van der Waals surface area contributed by atoms with Crippen LogP contribution in [0.3, 0.4) is 0 Å². The van der Waals surface area contributed by atoms with Gasteiger partial charge in [-0.25, -0.2) is 0 Å². The van der Waals surface area contributed by atoms with Crippen molar-refractivity contribution in [2.75, 3.05) is 11.9 Å². The van der Waals surface area contributed by atoms with E-state index < -0.39 is 0 Å². The number of ether oxygens (including phenoxy) is 1. The van der Waals surface area contributed by atoms with E-state index in [4.69, 9.17) is 10.5 Å². The molecule has 0 radical (unpaired) electrons. The first-order valence-corrected chi connectivity index (χ1v) is 7.48. The first kappa shape index (κ1) is 16.1. The summed E-state index contributed by atoms with van der Waals surface area (Å²) >= 11 is 0. The summed E-state index contributed by atoms with van der Waals surface area (Å²) < 4.78 is 5.39. The maximum Gasteiger partial charge on any atom is 0.229 e. The normalized spacial score (nSPS) is 29.8. The molecule has 4 atom stereocenters. The third-order valence-corrected chi connectivity index (χ3v) is 4.72. The SMILES string of the molecule is CCOc1ccc(NC(=O)C2C3CCC(C3)C2N)cc1.Cl. The van der Waals surface area contributed by atoms with Crippen molar-refractivity contribution in [2.24, 2.45) is 23.5 Å². The zero-order valence-electron chi connectivity index (χ0n) is 12.2. The van der Waals surface area contributed by atoms with E-state index in [1.54, 1.807) is 0 Å². The smallest absolute Gasteiger partial charge is 0.229 e. The molecule has 2 aliphatic rings. The summed E-state index contributed by atoms with van der Waals surface area (Å²) in [5.41, 5.74) is 7.01. The maximum absolute atomic E-state index is 12.4. The van der Waals surface area contributed by atoms with Crippen LogP contribution in [0.1, 0.15) is 26.2 Å². The van der Waals surface area contributed by atoms with Crippen molar-refractivity contribution in [1.82, 2.24) is 0 Å². The number of carbonyl (C=O) groups excluding carboxylic acids is 1. The molecule has 2 bridgehead atoms. The third-order valence-electron chi connectivity index (χ3n) is 4.72. The molecule has 0 saturated heterocycles. The number of nitrogens with one attached hydrogen (secondary N) is 1. The fourth-order valence-electron chi connectivity index (χ4n) is 3.75. The Morgan fingerprint density at radius 1 is 1.29 bits per heavy atom. The molecule has 21 heavy (non-hydrogen) atoms. The maximum atomic E-state index is 12.4. The van der Waals surface area contributed by atoms with E-state index >= 15 is 0 Å². The molecule has 2 aliphatic carbocycles. The number of hydrogen-bond acceptors (Lipinski definition) is 3. The van der Waals surface area contributed by atoms with Gasteiger partial charge in [-0.2, -0.15) is 0 Å². The Hall–Kier alpha value is -1.26. The molecular formula is C16H23ClN2O2. The molecule has 116 valence electrons. The van der Waals surface area contributed by atoms with Gasteiger partial charge in [0.1, 0.15) is 5.75 Å². The first-order valence-electron chi connectivity index (χ1n) is 7.48. The van der Waals surface area contributed by atoms with Crippen LogP contribution in [-0.2, 0) is 4.79 Å². The van der Waals surface area contributed by atoms with Crippen molar-refractivity contribution >= 4 is 24.0 Å². The van der Waals surface area contributed by atoms with Crippen LogP contribution in [0.4, 0.5) is 5.69 Å². The molecule has 1 amide bonds. The molecule has 2 saturated carbocycles. The number of nitrogens with two attached hydrogens (primary N) is 1. The number of carbonyl (C=O) groups is 1. The van der Waals surface area contributed by atoms with Crippen LogP contribution in [0.2, 0.25) is 0 Å². The lowest BCUT2D eigenvalue weighted by Gasteiger charge is -2.27. The van der Waals surface area contributed by atoms with Crippen LogP contribution in [0.25, 0.3) is 0 Å². The second-order valence-corrected chi connectivity index (χ2v) is 5.88. The largest absolute Gasteiger partial charge is 0.494 e. The monoisotopic (exact) mass is 310 g/mol. The fraction of sp³-hybridized carbons (Fsp3) is 0.562. The number of amides is 1. The molecule has 0 aromatic heterocycles. The molecule has 0 spiro atoms. The third kappa shape index (κ3) is 3.16. The van der Waals surface area contributed by atoms with E-state index in [0.29, 0.717) is 18.4 Å². The Morgan fingerprint density at radius 2 is 1.95 bits per heavy atom. The van der Waals surface area contributed by atoms with Gasteiger partial charge in [0.25, 0.3) is 0 Å². The Morgan fingerprint density at radius 3 is 2.52 bits per heavy atom. The van der Waals surface area contributed by atoms with E-state index in [1.165, 1.54) is 6.42 Å². The summed E-state index contributed by atoms with van der Waals surface area (Å²) in [6.45, 7) is 2.60. The zero-order chi connectivity index (χ0) is 14.1. The second kappa shape index (κ2) is 6.67. The van der Waals surface area contributed by atoms with Gasteiger partial charge >= 0.3 is 0 Å². The van der Waals surface area contributed by atoms with Crippen LogP contribution in [-0.4, -0.2) is 18.6 Å². The summed E-state index contributed by atoms with van der Waals surface area (Å²) in [5, 5.41) is 2.99. The van der Waals surface area contributed by atoms with Gasteiger partial charge in [0, 0.05) is 11.7 Å². The molecular weight excluding hydrogens is 288 g/mol. The van der Waals surface area contributed by atoms with Crippen LogP contribution in [0, 0.1) is 17.8 Å². The topological polar surface area (TPSA) is 64.3 Å². The van der Waals surface area contributed by atoms with Crippen molar-refractivity contribution in [3.05, 3.63) is 24.3 Å². The van der Waals surface area contributed by atoms with Crippen molar-refractivity contribution < 1.29 is 9.53 Å². The van der Waals surface area contributed by atoms with Gasteiger partial charge in [0.05, 0.1) is 12.5 Å². The molecule has 4 nitrogen and oxygen atoms in total. The van der Waals surface area contributed by atoms with Crippen LogP contribution >= 0.6 is 12.4 Å². The van der Waals surface area contributed by atoms with E-state index in [9.17, 15) is 4.79 Å². The minimum Gasteiger partial charge on any atom is -0.494 e. The Kier molecular flexibility index (Phi) is 5.12. The molecule has 3 rings (SSSR count). The average Bonchev–Trinajstić information content (AvgIpc) is 3.02. The van der Waals surface area contributed by atoms with Crippen molar-refractivity contribution in [3.63, 3.8) is 0 Å². The Balaban J connectivity index is 0.00000161. The number of fused-ring (bicyclic) bond motifs is 2.